The second-order valence-electron chi connectivity index (χ2n) is 2.97. The highest BCUT2D eigenvalue weighted by Crippen LogP contribution is 2.36. The third-order valence-electron chi connectivity index (χ3n) is 1.34. The number of phosphoric ester groups is 1. The summed E-state index contributed by atoms with van der Waals surface area (Å²) in [5.74, 6) is -0.187. The van der Waals surface area contributed by atoms with Gasteiger partial charge < -0.3 is 10.3 Å². The number of rotatable bonds is 4. The van der Waals surface area contributed by atoms with Crippen molar-refractivity contribution in [3.8, 4) is 5.75 Å². The van der Waals surface area contributed by atoms with Crippen LogP contribution in [0, 0.1) is 0 Å². The molecule has 1 aromatic carbocycles. The number of nitrogens with two attached hydrogens (primary N) is 1. The van der Waals surface area contributed by atoms with E-state index in [1.54, 1.807) is 18.2 Å². The maximum absolute atomic E-state index is 10.3. The minimum Gasteiger partial charge on any atom is -0.404 e. The van der Waals surface area contributed by atoms with Gasteiger partial charge in [0.15, 0.2) is 0 Å². The van der Waals surface area contributed by atoms with Crippen molar-refractivity contribution in [3.05, 3.63) is 30.3 Å². The average Bonchev–Trinajstić information content (AvgIpc) is 2.15. The van der Waals surface area contributed by atoms with Gasteiger partial charge in [0.05, 0.1) is 5.75 Å². The van der Waals surface area contributed by atoms with E-state index in [0.29, 0.717) is 0 Å². The van der Waals surface area contributed by atoms with Crippen LogP contribution in [-0.2, 0) is 14.7 Å². The number of benzene rings is 1. The molecule has 0 atom stereocenters. The quantitative estimate of drug-likeness (QED) is 0.448. The second kappa shape index (κ2) is 7.47. The number of hydrogen-bond donors (Lipinski definition) is 4. The molecule has 0 saturated carbocycles. The maximum Gasteiger partial charge on any atom is 0.524 e. The zero-order valence-electron chi connectivity index (χ0n) is 9.21. The standard InChI is InChI=1S/C6H7O4P.C2H7NO3S/c7-11(8,9)10-6-4-2-1-3-5-6;3-1-2-7(4,5)6/h1-5H,(H2,7,8,9);1-3H2,(H,4,5,6). The van der Waals surface area contributed by atoms with E-state index in [9.17, 15) is 13.0 Å². The molecule has 0 aromatic heterocycles. The third-order valence-corrected chi connectivity index (χ3v) is 2.54. The third kappa shape index (κ3) is 11.5. The normalized spacial score (nSPS) is 11.3. The molecule has 0 saturated heterocycles. The zero-order chi connectivity index (χ0) is 14.2. The predicted molar refractivity (Wildman–Crippen MR) is 64.6 cm³/mol. The summed E-state index contributed by atoms with van der Waals surface area (Å²) in [6, 6.07) is 7.93. The van der Waals surface area contributed by atoms with Gasteiger partial charge in [0.1, 0.15) is 5.75 Å². The van der Waals surface area contributed by atoms with E-state index >= 15 is 0 Å². The molecule has 1 rings (SSSR count). The molecule has 0 aliphatic heterocycles. The van der Waals surface area contributed by atoms with Crippen LogP contribution in [0.1, 0.15) is 0 Å². The molecule has 5 N–H and O–H groups in total. The first-order chi connectivity index (χ1) is 8.14. The van der Waals surface area contributed by atoms with Crippen molar-refractivity contribution in [2.75, 3.05) is 12.3 Å². The van der Waals surface area contributed by atoms with Gasteiger partial charge in [-0.1, -0.05) is 18.2 Å². The Morgan fingerprint density at radius 3 is 2.00 bits per heavy atom. The average molecular weight is 299 g/mol. The predicted octanol–water partition coefficient (Wildman–Crippen LogP) is -0.00900. The Labute approximate surface area is 104 Å². The Bertz CT molecular complexity index is 483. The monoisotopic (exact) mass is 299 g/mol. The molecule has 0 radical (unpaired) electrons. The van der Waals surface area contributed by atoms with Crippen molar-refractivity contribution in [2.45, 2.75) is 0 Å². The maximum atomic E-state index is 10.3. The van der Waals surface area contributed by atoms with Crippen LogP contribution in [-0.4, -0.2) is 35.1 Å². The van der Waals surface area contributed by atoms with Gasteiger partial charge >= 0.3 is 7.82 Å². The summed E-state index contributed by atoms with van der Waals surface area (Å²) in [4.78, 5) is 16.7. The fourth-order valence-electron chi connectivity index (χ4n) is 0.768. The van der Waals surface area contributed by atoms with Crippen molar-refractivity contribution < 1.29 is 31.8 Å². The Kier molecular flexibility index (Phi) is 7.07. The fraction of sp³-hybridized carbons (Fsp3) is 0.250. The lowest BCUT2D eigenvalue weighted by atomic mass is 10.3. The molecule has 0 fully saturated rings. The Balaban J connectivity index is 0.000000360. The van der Waals surface area contributed by atoms with Gasteiger partial charge in [0, 0.05) is 6.54 Å². The molecule has 104 valence electrons. The van der Waals surface area contributed by atoms with Gasteiger partial charge in [0.2, 0.25) is 0 Å². The minimum absolute atomic E-state index is 0.0289. The summed E-state index contributed by atoms with van der Waals surface area (Å²) in [6.45, 7) is -0.0289. The first kappa shape index (κ1) is 17.0. The van der Waals surface area contributed by atoms with E-state index in [2.05, 4.69) is 4.52 Å². The topological polar surface area (TPSA) is 147 Å². The molecule has 10 heteroatoms. The number of hydrogen-bond acceptors (Lipinski definition) is 5. The molecule has 0 unspecified atom stereocenters. The van der Waals surface area contributed by atoms with E-state index < -0.39 is 17.9 Å². The van der Waals surface area contributed by atoms with E-state index in [-0.39, 0.29) is 18.0 Å². The highest BCUT2D eigenvalue weighted by atomic mass is 32.2. The molecular formula is C8H14NO7PS. The van der Waals surface area contributed by atoms with Gasteiger partial charge in [-0.3, -0.25) is 14.3 Å². The van der Waals surface area contributed by atoms with Crippen LogP contribution >= 0.6 is 7.82 Å². The van der Waals surface area contributed by atoms with E-state index in [1.165, 1.54) is 12.1 Å². The van der Waals surface area contributed by atoms with Gasteiger partial charge in [-0.15, -0.1) is 0 Å². The lowest BCUT2D eigenvalue weighted by molar-refractivity contribution is 0.283. The van der Waals surface area contributed by atoms with Crippen molar-refractivity contribution in [3.63, 3.8) is 0 Å². The second-order valence-corrected chi connectivity index (χ2v) is 5.71. The molecule has 0 bridgehead atoms. The molecule has 1 aromatic rings. The molecule has 18 heavy (non-hydrogen) atoms. The van der Waals surface area contributed by atoms with Crippen molar-refractivity contribution >= 4 is 17.9 Å². The number of para-hydroxylation sites is 1. The highest BCUT2D eigenvalue weighted by Gasteiger charge is 2.14. The summed E-state index contributed by atoms with van der Waals surface area (Å²) in [5.41, 5.74) is 4.78. The van der Waals surface area contributed by atoms with E-state index in [0.717, 1.165) is 0 Å². The van der Waals surface area contributed by atoms with Crippen LogP contribution in [0.15, 0.2) is 30.3 Å². The Hall–Kier alpha value is -0.960. The van der Waals surface area contributed by atoms with Gasteiger partial charge in [-0.25, -0.2) is 4.57 Å². The molecule has 0 aliphatic carbocycles. The molecule has 0 heterocycles. The van der Waals surface area contributed by atoms with Crippen LogP contribution in [0.2, 0.25) is 0 Å². The van der Waals surface area contributed by atoms with Crippen LogP contribution < -0.4 is 10.3 Å². The lowest BCUT2D eigenvalue weighted by Gasteiger charge is -2.04. The van der Waals surface area contributed by atoms with E-state index in [4.69, 9.17) is 20.1 Å². The first-order valence-electron chi connectivity index (χ1n) is 4.59. The minimum atomic E-state index is -4.39. The van der Waals surface area contributed by atoms with Gasteiger partial charge in [-0.05, 0) is 12.1 Å². The zero-order valence-corrected chi connectivity index (χ0v) is 10.9. The summed E-state index contributed by atoms with van der Waals surface area (Å²) in [5, 5.41) is 0. The van der Waals surface area contributed by atoms with Crippen molar-refractivity contribution in [2.24, 2.45) is 5.73 Å². The molecule has 0 amide bonds. The summed E-state index contributed by atoms with van der Waals surface area (Å²) >= 11 is 0. The lowest BCUT2D eigenvalue weighted by Crippen LogP contribution is -2.13. The molecule has 0 spiro atoms. The van der Waals surface area contributed by atoms with Crippen LogP contribution in [0.4, 0.5) is 0 Å². The number of phosphoric acid groups is 1. The summed E-state index contributed by atoms with van der Waals surface area (Å²) < 4.78 is 41.9. The van der Waals surface area contributed by atoms with E-state index in [1.807, 2.05) is 0 Å². The summed E-state index contributed by atoms with van der Waals surface area (Å²) in [6.07, 6.45) is 0. The van der Waals surface area contributed by atoms with Crippen molar-refractivity contribution in [1.29, 1.82) is 0 Å². The van der Waals surface area contributed by atoms with Gasteiger partial charge in [0.25, 0.3) is 10.1 Å². The fourth-order valence-corrected chi connectivity index (χ4v) is 1.46. The van der Waals surface area contributed by atoms with Crippen LogP contribution in [0.25, 0.3) is 0 Å². The first-order valence-corrected chi connectivity index (χ1v) is 7.73. The highest BCUT2D eigenvalue weighted by molar-refractivity contribution is 7.85. The van der Waals surface area contributed by atoms with Crippen molar-refractivity contribution in [1.82, 2.24) is 0 Å². The summed E-state index contributed by atoms with van der Waals surface area (Å²) in [7, 11) is -8.19. The molecular weight excluding hydrogens is 285 g/mol. The Morgan fingerprint density at radius 1 is 1.22 bits per heavy atom. The van der Waals surface area contributed by atoms with Crippen LogP contribution in [0.3, 0.4) is 0 Å². The van der Waals surface area contributed by atoms with Crippen LogP contribution in [0.5, 0.6) is 5.75 Å². The Morgan fingerprint density at radius 2 is 1.72 bits per heavy atom. The van der Waals surface area contributed by atoms with Gasteiger partial charge in [-0.2, -0.15) is 8.42 Å². The largest absolute Gasteiger partial charge is 0.524 e. The smallest absolute Gasteiger partial charge is 0.404 e. The SMILES string of the molecule is NCCS(=O)(=O)O.O=P(O)(O)Oc1ccccc1. The molecule has 8 nitrogen and oxygen atoms in total. The molecule has 0 aliphatic rings.